The number of nitrogens with zero attached hydrogens (tertiary/aromatic N) is 1. The molecule has 1 aromatic carbocycles. The first-order valence-electron chi connectivity index (χ1n) is 9.91. The molecule has 4 rings (SSSR count). The number of rotatable bonds is 2. The van der Waals surface area contributed by atoms with Gasteiger partial charge in [0.25, 0.3) is 5.91 Å². The predicted octanol–water partition coefficient (Wildman–Crippen LogP) is 0.798. The Kier molecular flexibility index (Phi) is 4.44. The number of fused-ring (bicyclic) bond motifs is 3. The first-order valence-corrected chi connectivity index (χ1v) is 9.91. The monoisotopic (exact) mass is 428 g/mol. The van der Waals surface area contributed by atoms with Crippen molar-refractivity contribution in [1.29, 1.82) is 0 Å². The number of nitrogens with two attached hydrogens (primary N) is 1. The van der Waals surface area contributed by atoms with Crippen molar-refractivity contribution in [3.63, 3.8) is 0 Å². The summed E-state index contributed by atoms with van der Waals surface area (Å²) in [4.78, 5) is 39.3. The average Bonchev–Trinajstić information content (AvgIpc) is 2.66. The summed E-state index contributed by atoms with van der Waals surface area (Å²) in [6.07, 6.45) is 0.0713. The Morgan fingerprint density at radius 3 is 2.42 bits per heavy atom. The molecule has 31 heavy (non-hydrogen) atoms. The number of phenols is 1. The molecular formula is C22H24N2O7. The second-order valence-corrected chi connectivity index (χ2v) is 8.72. The smallest absolute Gasteiger partial charge is 0.255 e. The van der Waals surface area contributed by atoms with Gasteiger partial charge in [-0.1, -0.05) is 0 Å². The van der Waals surface area contributed by atoms with Crippen LogP contribution in [0.1, 0.15) is 29.5 Å². The van der Waals surface area contributed by atoms with E-state index >= 15 is 0 Å². The summed E-state index contributed by atoms with van der Waals surface area (Å²) < 4.78 is 0. The van der Waals surface area contributed by atoms with Crippen molar-refractivity contribution in [2.75, 3.05) is 19.0 Å². The lowest BCUT2D eigenvalue weighted by Crippen LogP contribution is -2.58. The number of phenolic OH excluding ortho intramolecular Hbond substituents is 1. The van der Waals surface area contributed by atoms with Crippen LogP contribution in [0.15, 0.2) is 23.0 Å². The third kappa shape index (κ3) is 2.62. The summed E-state index contributed by atoms with van der Waals surface area (Å²) >= 11 is 0. The van der Waals surface area contributed by atoms with E-state index in [2.05, 4.69) is 0 Å². The summed E-state index contributed by atoms with van der Waals surface area (Å²) in [7, 11) is 3.64. The van der Waals surface area contributed by atoms with E-state index in [1.54, 1.807) is 13.0 Å². The fraction of sp³-hybridized carbons (Fsp3) is 0.409. The van der Waals surface area contributed by atoms with E-state index in [0.29, 0.717) is 11.1 Å². The van der Waals surface area contributed by atoms with Crippen molar-refractivity contribution < 1.29 is 34.8 Å². The Hall–Kier alpha value is -3.33. The lowest BCUT2D eigenvalue weighted by molar-refractivity contribution is -0.147. The van der Waals surface area contributed by atoms with Crippen LogP contribution in [0.5, 0.6) is 5.75 Å². The molecule has 6 N–H and O–H groups in total. The first-order chi connectivity index (χ1) is 14.4. The van der Waals surface area contributed by atoms with Gasteiger partial charge in [0.05, 0.1) is 5.56 Å². The van der Waals surface area contributed by atoms with Crippen molar-refractivity contribution in [1.82, 2.24) is 0 Å². The van der Waals surface area contributed by atoms with Crippen LogP contribution < -0.4 is 10.6 Å². The number of primary amides is 1. The lowest BCUT2D eigenvalue weighted by atomic mass is 9.59. The van der Waals surface area contributed by atoms with Crippen LogP contribution >= 0.6 is 0 Å². The van der Waals surface area contributed by atoms with Crippen molar-refractivity contribution in [2.45, 2.75) is 31.8 Å². The van der Waals surface area contributed by atoms with Gasteiger partial charge in [-0.3, -0.25) is 14.4 Å². The number of aromatic hydroxyl groups is 1. The van der Waals surface area contributed by atoms with Gasteiger partial charge in [0.2, 0.25) is 5.78 Å². The molecule has 1 fully saturated rings. The largest absolute Gasteiger partial charge is 0.508 e. The Bertz CT molecular complexity index is 1130. The summed E-state index contributed by atoms with van der Waals surface area (Å²) in [5.74, 6) is -6.20. The minimum absolute atomic E-state index is 0.107. The van der Waals surface area contributed by atoms with Crippen molar-refractivity contribution in [3.05, 3.63) is 39.7 Å². The fourth-order valence-electron chi connectivity index (χ4n) is 5.20. The Balaban J connectivity index is 1.97. The molecule has 1 amide bonds. The van der Waals surface area contributed by atoms with Crippen LogP contribution in [0, 0.1) is 18.8 Å². The number of aliphatic hydroxyl groups excluding tert-OH is 2. The van der Waals surface area contributed by atoms with E-state index in [9.17, 15) is 34.8 Å². The Morgan fingerprint density at radius 2 is 1.84 bits per heavy atom. The highest BCUT2D eigenvalue weighted by Crippen LogP contribution is 2.53. The highest BCUT2D eigenvalue weighted by atomic mass is 16.3. The summed E-state index contributed by atoms with van der Waals surface area (Å²) in [6.45, 7) is 1.67. The standard InChI is InChI=1S/C22H24N2O7/c1-8-4-12(24(2)3)11-6-9-5-10-7-13(25)16(21(23)30)20(29)22(10,31)19(28)14(9)18(27)15(11)17(8)26/h4,9-10,26-27,29,31H,5-7H2,1-3H3,(H2,23,30). The third-order valence-corrected chi connectivity index (χ3v) is 6.71. The first kappa shape index (κ1) is 20.9. The molecule has 0 radical (unpaired) electrons. The number of ketones is 2. The number of benzene rings is 1. The molecule has 164 valence electrons. The molecule has 0 bridgehead atoms. The second kappa shape index (κ2) is 6.58. The normalized spacial score (nSPS) is 27.6. The van der Waals surface area contributed by atoms with Crippen LogP contribution in [0.25, 0.3) is 5.76 Å². The van der Waals surface area contributed by atoms with Gasteiger partial charge in [0.15, 0.2) is 11.4 Å². The second-order valence-electron chi connectivity index (χ2n) is 8.72. The molecule has 0 aromatic heterocycles. The molecule has 1 aromatic rings. The molecule has 0 spiro atoms. The van der Waals surface area contributed by atoms with Gasteiger partial charge in [-0.15, -0.1) is 0 Å². The molecule has 0 aliphatic heterocycles. The molecule has 3 aliphatic rings. The number of hydrogen-bond donors (Lipinski definition) is 5. The quantitative estimate of drug-likeness (QED) is 0.432. The third-order valence-electron chi connectivity index (χ3n) is 6.71. The zero-order valence-electron chi connectivity index (χ0n) is 17.4. The molecular weight excluding hydrogens is 404 g/mol. The molecule has 3 aliphatic carbocycles. The fourth-order valence-corrected chi connectivity index (χ4v) is 5.20. The van der Waals surface area contributed by atoms with Crippen LogP contribution in [0.3, 0.4) is 0 Å². The molecule has 9 nitrogen and oxygen atoms in total. The zero-order valence-corrected chi connectivity index (χ0v) is 17.4. The van der Waals surface area contributed by atoms with Gasteiger partial charge in [0, 0.05) is 37.7 Å². The van der Waals surface area contributed by atoms with Crippen molar-refractivity contribution >= 4 is 28.9 Å². The number of carbonyl (C=O) groups excluding carboxylic acids is 3. The van der Waals surface area contributed by atoms with Gasteiger partial charge >= 0.3 is 0 Å². The van der Waals surface area contributed by atoms with Gasteiger partial charge in [0.1, 0.15) is 22.8 Å². The summed E-state index contributed by atoms with van der Waals surface area (Å²) in [6, 6.07) is 1.78. The average molecular weight is 428 g/mol. The van der Waals surface area contributed by atoms with Crippen LogP contribution in [0.4, 0.5) is 5.69 Å². The maximum atomic E-state index is 13.4. The van der Waals surface area contributed by atoms with E-state index < -0.39 is 52.0 Å². The topological polar surface area (TPSA) is 161 Å². The molecule has 1 saturated carbocycles. The van der Waals surface area contributed by atoms with Gasteiger partial charge in [-0.2, -0.15) is 0 Å². The molecule has 3 atom stereocenters. The number of Topliss-reactive ketones (excluding diaryl/α,β-unsaturated/α-hetero) is 2. The molecule has 9 heteroatoms. The van der Waals surface area contributed by atoms with Crippen LogP contribution in [0.2, 0.25) is 0 Å². The zero-order chi connectivity index (χ0) is 23.0. The van der Waals surface area contributed by atoms with Gasteiger partial charge in [-0.25, -0.2) is 0 Å². The molecule has 0 saturated heterocycles. The van der Waals surface area contributed by atoms with E-state index in [-0.39, 0.29) is 36.1 Å². The maximum Gasteiger partial charge on any atom is 0.255 e. The van der Waals surface area contributed by atoms with Crippen LogP contribution in [-0.4, -0.2) is 57.6 Å². The van der Waals surface area contributed by atoms with Crippen LogP contribution in [-0.2, 0) is 20.8 Å². The van der Waals surface area contributed by atoms with Gasteiger partial charge < -0.3 is 31.1 Å². The Morgan fingerprint density at radius 1 is 1.19 bits per heavy atom. The number of carbonyl (C=O) groups is 3. The van der Waals surface area contributed by atoms with Gasteiger partial charge in [-0.05, 0) is 42.9 Å². The molecule has 0 heterocycles. The lowest BCUT2D eigenvalue weighted by Gasteiger charge is -2.46. The van der Waals surface area contributed by atoms with Crippen molar-refractivity contribution in [2.24, 2.45) is 17.6 Å². The minimum Gasteiger partial charge on any atom is -0.508 e. The highest BCUT2D eigenvalue weighted by Gasteiger charge is 2.60. The van der Waals surface area contributed by atoms with E-state index in [4.69, 9.17) is 5.73 Å². The number of anilines is 1. The molecule has 3 unspecified atom stereocenters. The Labute approximate surface area is 178 Å². The number of hydrogen-bond acceptors (Lipinski definition) is 8. The number of aryl methyl sites for hydroxylation is 1. The summed E-state index contributed by atoms with van der Waals surface area (Å²) in [5, 5.41) is 43.5. The predicted molar refractivity (Wildman–Crippen MR) is 110 cm³/mol. The van der Waals surface area contributed by atoms with E-state index in [0.717, 1.165) is 5.69 Å². The number of amides is 1. The summed E-state index contributed by atoms with van der Waals surface area (Å²) in [5.41, 5.74) is 3.72. The number of aliphatic hydroxyl groups is 3. The maximum absolute atomic E-state index is 13.4. The minimum atomic E-state index is -2.54. The SMILES string of the molecule is Cc1cc(N(C)C)c2c(c1O)C(O)=C1C(=O)C3(O)C(O)=C(C(N)=O)C(=O)CC3CC1C2. The highest BCUT2D eigenvalue weighted by molar-refractivity contribution is 6.22. The van der Waals surface area contributed by atoms with E-state index in [1.165, 1.54) is 0 Å². The van der Waals surface area contributed by atoms with Crippen molar-refractivity contribution in [3.8, 4) is 5.75 Å². The van der Waals surface area contributed by atoms with E-state index in [1.807, 2.05) is 19.0 Å².